The number of nitrogens with zero attached hydrogens (tertiary/aromatic N) is 1. The number of carbonyl (C=O) groups excluding carboxylic acids is 1. The third-order valence-corrected chi connectivity index (χ3v) is 4.43. The SMILES string of the molecule is C[C@H](NC(=O)CCCOc1ccc(Cl)cc1Cl)c1nc2ccccc2[nH]1. The lowest BCUT2D eigenvalue weighted by atomic mass is 10.2. The first-order chi connectivity index (χ1) is 12.5. The maximum Gasteiger partial charge on any atom is 0.220 e. The standard InChI is InChI=1S/C19H19Cl2N3O2/c1-12(19-23-15-5-2-3-6-16(15)24-19)22-18(25)7-4-10-26-17-9-8-13(20)11-14(17)21/h2-3,5-6,8-9,11-12H,4,7,10H2,1H3,(H,22,25)(H,23,24)/t12-/m0/s1. The highest BCUT2D eigenvalue weighted by Gasteiger charge is 2.13. The monoisotopic (exact) mass is 391 g/mol. The van der Waals surface area contributed by atoms with Gasteiger partial charge in [0, 0.05) is 11.4 Å². The number of para-hydroxylation sites is 2. The topological polar surface area (TPSA) is 67.0 Å². The second-order valence-corrected chi connectivity index (χ2v) is 6.80. The lowest BCUT2D eigenvalue weighted by Gasteiger charge is -2.12. The number of fused-ring (bicyclic) bond motifs is 1. The Labute approximate surface area is 161 Å². The summed E-state index contributed by atoms with van der Waals surface area (Å²) in [5, 5.41) is 3.96. The van der Waals surface area contributed by atoms with E-state index in [1.54, 1.807) is 18.2 Å². The molecule has 0 radical (unpaired) electrons. The Bertz CT molecular complexity index is 878. The van der Waals surface area contributed by atoms with Crippen molar-refractivity contribution in [1.29, 1.82) is 0 Å². The summed E-state index contributed by atoms with van der Waals surface area (Å²) in [7, 11) is 0. The number of carbonyl (C=O) groups is 1. The van der Waals surface area contributed by atoms with E-state index in [2.05, 4.69) is 15.3 Å². The van der Waals surface area contributed by atoms with Gasteiger partial charge in [0.15, 0.2) is 0 Å². The zero-order chi connectivity index (χ0) is 18.5. The molecule has 0 saturated carbocycles. The van der Waals surface area contributed by atoms with Crippen LogP contribution in [0.2, 0.25) is 10.0 Å². The van der Waals surface area contributed by atoms with Crippen LogP contribution in [0.25, 0.3) is 11.0 Å². The summed E-state index contributed by atoms with van der Waals surface area (Å²) in [6.45, 7) is 2.30. The van der Waals surface area contributed by atoms with Gasteiger partial charge in [0.25, 0.3) is 0 Å². The average Bonchev–Trinajstić information content (AvgIpc) is 3.04. The van der Waals surface area contributed by atoms with Crippen LogP contribution in [0.1, 0.15) is 31.6 Å². The maximum absolute atomic E-state index is 12.1. The molecular weight excluding hydrogens is 373 g/mol. The highest BCUT2D eigenvalue weighted by atomic mass is 35.5. The van der Waals surface area contributed by atoms with Crippen LogP contribution in [-0.2, 0) is 4.79 Å². The largest absolute Gasteiger partial charge is 0.492 e. The molecule has 26 heavy (non-hydrogen) atoms. The predicted octanol–water partition coefficient (Wildman–Crippen LogP) is 4.91. The zero-order valence-corrected chi connectivity index (χ0v) is 15.8. The number of hydrogen-bond acceptors (Lipinski definition) is 3. The number of rotatable bonds is 7. The van der Waals surface area contributed by atoms with E-state index in [1.807, 2.05) is 31.2 Å². The number of ether oxygens (including phenoxy) is 1. The second kappa shape index (κ2) is 8.43. The zero-order valence-electron chi connectivity index (χ0n) is 14.3. The van der Waals surface area contributed by atoms with Gasteiger partial charge in [0.05, 0.1) is 28.7 Å². The van der Waals surface area contributed by atoms with Gasteiger partial charge in [-0.25, -0.2) is 4.98 Å². The Balaban J connectivity index is 1.44. The molecule has 1 aromatic heterocycles. The highest BCUT2D eigenvalue weighted by molar-refractivity contribution is 6.35. The van der Waals surface area contributed by atoms with Gasteiger partial charge in [0.2, 0.25) is 5.91 Å². The minimum absolute atomic E-state index is 0.0521. The van der Waals surface area contributed by atoms with Crippen LogP contribution in [-0.4, -0.2) is 22.5 Å². The molecule has 2 aromatic carbocycles. The molecule has 3 aromatic rings. The number of imidazole rings is 1. The second-order valence-electron chi connectivity index (χ2n) is 5.96. The summed E-state index contributed by atoms with van der Waals surface area (Å²) in [6, 6.07) is 12.6. The van der Waals surface area contributed by atoms with Crippen LogP contribution in [0.3, 0.4) is 0 Å². The Morgan fingerprint density at radius 1 is 1.27 bits per heavy atom. The van der Waals surface area contributed by atoms with E-state index in [4.69, 9.17) is 27.9 Å². The van der Waals surface area contributed by atoms with Crippen molar-refractivity contribution in [3.8, 4) is 5.75 Å². The van der Waals surface area contributed by atoms with Crippen molar-refractivity contribution < 1.29 is 9.53 Å². The van der Waals surface area contributed by atoms with E-state index in [-0.39, 0.29) is 11.9 Å². The van der Waals surface area contributed by atoms with Crippen LogP contribution in [0, 0.1) is 0 Å². The Hall–Kier alpha value is -2.24. The van der Waals surface area contributed by atoms with Crippen molar-refractivity contribution >= 4 is 40.1 Å². The molecule has 0 aliphatic heterocycles. The van der Waals surface area contributed by atoms with E-state index in [9.17, 15) is 4.79 Å². The van der Waals surface area contributed by atoms with Gasteiger partial charge in [-0.3, -0.25) is 4.79 Å². The molecule has 0 unspecified atom stereocenters. The summed E-state index contributed by atoms with van der Waals surface area (Å²) in [4.78, 5) is 19.8. The van der Waals surface area contributed by atoms with Crippen LogP contribution in [0.5, 0.6) is 5.75 Å². The molecule has 0 saturated heterocycles. The van der Waals surface area contributed by atoms with Crippen molar-refractivity contribution in [2.45, 2.75) is 25.8 Å². The highest BCUT2D eigenvalue weighted by Crippen LogP contribution is 2.27. The molecular formula is C19H19Cl2N3O2. The minimum Gasteiger partial charge on any atom is -0.492 e. The minimum atomic E-state index is -0.193. The van der Waals surface area contributed by atoms with Crippen molar-refractivity contribution in [3.63, 3.8) is 0 Å². The van der Waals surface area contributed by atoms with Crippen LogP contribution >= 0.6 is 23.2 Å². The number of aromatic amines is 1. The van der Waals surface area contributed by atoms with Gasteiger partial charge >= 0.3 is 0 Å². The van der Waals surface area contributed by atoms with Crippen molar-refractivity contribution in [1.82, 2.24) is 15.3 Å². The van der Waals surface area contributed by atoms with E-state index in [0.717, 1.165) is 16.9 Å². The van der Waals surface area contributed by atoms with E-state index in [1.165, 1.54) is 0 Å². The number of benzene rings is 2. The number of halogens is 2. The smallest absolute Gasteiger partial charge is 0.220 e. The summed E-state index contributed by atoms with van der Waals surface area (Å²) in [6.07, 6.45) is 0.938. The maximum atomic E-state index is 12.1. The number of H-pyrrole nitrogens is 1. The molecule has 0 aliphatic carbocycles. The lowest BCUT2D eigenvalue weighted by Crippen LogP contribution is -2.27. The first-order valence-electron chi connectivity index (χ1n) is 8.35. The lowest BCUT2D eigenvalue weighted by molar-refractivity contribution is -0.122. The van der Waals surface area contributed by atoms with Gasteiger partial charge in [-0.2, -0.15) is 0 Å². The molecule has 0 aliphatic rings. The first-order valence-corrected chi connectivity index (χ1v) is 9.10. The van der Waals surface area contributed by atoms with E-state index < -0.39 is 0 Å². The molecule has 3 rings (SSSR count). The summed E-state index contributed by atoms with van der Waals surface area (Å²) in [5.41, 5.74) is 1.84. The molecule has 2 N–H and O–H groups in total. The summed E-state index contributed by atoms with van der Waals surface area (Å²) in [5.74, 6) is 1.25. The van der Waals surface area contributed by atoms with Crippen molar-refractivity contribution in [2.75, 3.05) is 6.61 Å². The molecule has 7 heteroatoms. The molecule has 0 bridgehead atoms. The summed E-state index contributed by atoms with van der Waals surface area (Å²) >= 11 is 11.9. The molecule has 136 valence electrons. The fraction of sp³-hybridized carbons (Fsp3) is 0.263. The van der Waals surface area contributed by atoms with Gasteiger partial charge in [-0.05, 0) is 43.7 Å². The number of amides is 1. The predicted molar refractivity (Wildman–Crippen MR) is 104 cm³/mol. The number of hydrogen-bond donors (Lipinski definition) is 2. The van der Waals surface area contributed by atoms with Gasteiger partial charge in [0.1, 0.15) is 11.6 Å². The normalized spacial score (nSPS) is 12.1. The fourth-order valence-electron chi connectivity index (χ4n) is 2.57. The van der Waals surface area contributed by atoms with Crippen LogP contribution in [0.4, 0.5) is 0 Å². The van der Waals surface area contributed by atoms with Gasteiger partial charge < -0.3 is 15.0 Å². The van der Waals surface area contributed by atoms with Crippen molar-refractivity contribution in [3.05, 3.63) is 58.3 Å². The first kappa shape index (κ1) is 18.5. The van der Waals surface area contributed by atoms with E-state index >= 15 is 0 Å². The fourth-order valence-corrected chi connectivity index (χ4v) is 3.03. The average molecular weight is 392 g/mol. The molecule has 1 heterocycles. The third kappa shape index (κ3) is 4.68. The molecule has 1 atom stereocenters. The van der Waals surface area contributed by atoms with E-state index in [0.29, 0.717) is 35.2 Å². The number of nitrogens with one attached hydrogen (secondary N) is 2. The molecule has 1 amide bonds. The van der Waals surface area contributed by atoms with Crippen molar-refractivity contribution in [2.24, 2.45) is 0 Å². The molecule has 0 fully saturated rings. The molecule has 5 nitrogen and oxygen atoms in total. The van der Waals surface area contributed by atoms with Gasteiger partial charge in [-0.1, -0.05) is 35.3 Å². The molecule has 0 spiro atoms. The third-order valence-electron chi connectivity index (χ3n) is 3.90. The quantitative estimate of drug-likeness (QED) is 0.562. The van der Waals surface area contributed by atoms with Crippen LogP contribution < -0.4 is 10.1 Å². The van der Waals surface area contributed by atoms with Crippen LogP contribution in [0.15, 0.2) is 42.5 Å². The Kier molecular flexibility index (Phi) is 6.01. The van der Waals surface area contributed by atoms with Gasteiger partial charge in [-0.15, -0.1) is 0 Å². The number of aromatic nitrogens is 2. The Morgan fingerprint density at radius 2 is 2.08 bits per heavy atom. The summed E-state index contributed by atoms with van der Waals surface area (Å²) < 4.78 is 5.58. The Morgan fingerprint density at radius 3 is 2.85 bits per heavy atom.